The summed E-state index contributed by atoms with van der Waals surface area (Å²) in [5.41, 5.74) is 1.17. The molecule has 1 aliphatic heterocycles. The molecule has 0 aliphatic carbocycles. The predicted octanol–water partition coefficient (Wildman–Crippen LogP) is 3.11. The van der Waals surface area contributed by atoms with E-state index in [1.54, 1.807) is 0 Å². The van der Waals surface area contributed by atoms with Gasteiger partial charge in [-0.2, -0.15) is 0 Å². The quantitative estimate of drug-likeness (QED) is 0.780. The van der Waals surface area contributed by atoms with Gasteiger partial charge in [0.2, 0.25) is 0 Å². The van der Waals surface area contributed by atoms with Crippen molar-refractivity contribution < 1.29 is 19.0 Å². The van der Waals surface area contributed by atoms with Crippen molar-refractivity contribution in [3.63, 3.8) is 0 Å². The van der Waals surface area contributed by atoms with Crippen LogP contribution in [0.2, 0.25) is 0 Å². The number of amides is 2. The molecule has 1 heterocycles. The van der Waals surface area contributed by atoms with Crippen LogP contribution in [-0.2, 0) is 11.3 Å². The molecule has 2 aromatic carbocycles. The molecule has 0 bridgehead atoms. The molecule has 5 nitrogen and oxygen atoms in total. The number of aromatic hydroxyl groups is 1. The summed E-state index contributed by atoms with van der Waals surface area (Å²) in [6, 6.07) is 13.6. The highest BCUT2D eigenvalue weighted by molar-refractivity contribution is 5.73. The number of halogens is 1. The maximum absolute atomic E-state index is 13.6. The molecule has 3 N–H and O–H groups in total. The summed E-state index contributed by atoms with van der Waals surface area (Å²) in [6.45, 7) is 1.05. The molecule has 1 fully saturated rings. The molecule has 25 heavy (non-hydrogen) atoms. The number of hydrogen-bond acceptors (Lipinski definition) is 3. The van der Waals surface area contributed by atoms with Gasteiger partial charge in [-0.25, -0.2) is 9.18 Å². The molecule has 0 spiro atoms. The summed E-state index contributed by atoms with van der Waals surface area (Å²) < 4.78 is 19.4. The highest BCUT2D eigenvalue weighted by atomic mass is 19.1. The molecule has 1 saturated heterocycles. The first-order valence-corrected chi connectivity index (χ1v) is 8.29. The van der Waals surface area contributed by atoms with Crippen LogP contribution in [0.1, 0.15) is 23.7 Å². The fourth-order valence-electron chi connectivity index (χ4n) is 3.03. The Bertz CT molecular complexity index is 704. The van der Waals surface area contributed by atoms with Crippen LogP contribution in [0.25, 0.3) is 0 Å². The third kappa shape index (κ3) is 4.28. The van der Waals surface area contributed by atoms with E-state index in [1.165, 1.54) is 18.2 Å². The zero-order valence-electron chi connectivity index (χ0n) is 13.7. The van der Waals surface area contributed by atoms with Gasteiger partial charge in [0.05, 0.1) is 12.6 Å². The normalized spacial score (nSPS) is 19.6. The molecule has 0 unspecified atom stereocenters. The Morgan fingerprint density at radius 3 is 2.72 bits per heavy atom. The topological polar surface area (TPSA) is 70.6 Å². The summed E-state index contributed by atoms with van der Waals surface area (Å²) >= 11 is 0. The van der Waals surface area contributed by atoms with Crippen molar-refractivity contribution in [3.8, 4) is 5.75 Å². The Morgan fingerprint density at radius 1 is 1.16 bits per heavy atom. The standard InChI is InChI=1S/C19H21FN2O3/c20-16-7-4-8-17(23)15(16)12-22-19(24)21-11-14-9-10-25-18(14)13-5-2-1-3-6-13/h1-8,14,18,23H,9-12H2,(H2,21,22,24)/t14-,18-/m0/s1. The lowest BCUT2D eigenvalue weighted by atomic mass is 9.95. The molecule has 3 rings (SSSR count). The lowest BCUT2D eigenvalue weighted by molar-refractivity contribution is 0.0910. The van der Waals surface area contributed by atoms with Crippen molar-refractivity contribution >= 4 is 6.03 Å². The molecule has 132 valence electrons. The minimum atomic E-state index is -0.548. The Kier molecular flexibility index (Phi) is 5.50. The van der Waals surface area contributed by atoms with E-state index in [0.29, 0.717) is 13.2 Å². The summed E-state index contributed by atoms with van der Waals surface area (Å²) in [4.78, 5) is 12.0. The fourth-order valence-corrected chi connectivity index (χ4v) is 3.03. The summed E-state index contributed by atoms with van der Waals surface area (Å²) in [5, 5.41) is 15.0. The monoisotopic (exact) mass is 344 g/mol. The molecule has 0 saturated carbocycles. The van der Waals surface area contributed by atoms with Gasteiger partial charge in [-0.1, -0.05) is 36.4 Å². The van der Waals surface area contributed by atoms with Gasteiger partial charge in [0, 0.05) is 24.6 Å². The number of hydrogen-bond donors (Lipinski definition) is 3. The van der Waals surface area contributed by atoms with E-state index in [0.717, 1.165) is 12.0 Å². The molecular formula is C19H21FN2O3. The Labute approximate surface area is 145 Å². The van der Waals surface area contributed by atoms with Crippen LogP contribution in [0.3, 0.4) is 0 Å². The smallest absolute Gasteiger partial charge is 0.315 e. The molecule has 2 atom stereocenters. The number of phenols is 1. The van der Waals surface area contributed by atoms with E-state index < -0.39 is 11.8 Å². The van der Waals surface area contributed by atoms with Gasteiger partial charge in [-0.3, -0.25) is 0 Å². The van der Waals surface area contributed by atoms with E-state index in [-0.39, 0.29) is 29.9 Å². The minimum Gasteiger partial charge on any atom is -0.507 e. The van der Waals surface area contributed by atoms with Crippen molar-refractivity contribution in [2.75, 3.05) is 13.2 Å². The van der Waals surface area contributed by atoms with E-state index in [9.17, 15) is 14.3 Å². The maximum atomic E-state index is 13.6. The lowest BCUT2D eigenvalue weighted by Gasteiger charge is -2.19. The van der Waals surface area contributed by atoms with Crippen LogP contribution >= 0.6 is 0 Å². The first-order valence-electron chi connectivity index (χ1n) is 8.29. The minimum absolute atomic E-state index is 0.0305. The molecule has 0 aromatic heterocycles. The fraction of sp³-hybridized carbons (Fsp3) is 0.316. The van der Waals surface area contributed by atoms with Crippen molar-refractivity contribution in [2.45, 2.75) is 19.1 Å². The van der Waals surface area contributed by atoms with Gasteiger partial charge in [0.15, 0.2) is 0 Å². The van der Waals surface area contributed by atoms with E-state index in [4.69, 9.17) is 4.74 Å². The van der Waals surface area contributed by atoms with Crippen molar-refractivity contribution in [1.82, 2.24) is 10.6 Å². The first-order chi connectivity index (χ1) is 12.1. The Morgan fingerprint density at radius 2 is 1.96 bits per heavy atom. The number of ether oxygens (including phenoxy) is 1. The van der Waals surface area contributed by atoms with Gasteiger partial charge in [-0.15, -0.1) is 0 Å². The maximum Gasteiger partial charge on any atom is 0.315 e. The third-order valence-electron chi connectivity index (χ3n) is 4.39. The van der Waals surface area contributed by atoms with Crippen molar-refractivity contribution in [2.24, 2.45) is 5.92 Å². The van der Waals surface area contributed by atoms with Gasteiger partial charge in [0.1, 0.15) is 11.6 Å². The number of benzene rings is 2. The molecule has 6 heteroatoms. The average Bonchev–Trinajstić information content (AvgIpc) is 3.09. The number of urea groups is 1. The van der Waals surface area contributed by atoms with Gasteiger partial charge >= 0.3 is 6.03 Å². The molecule has 2 amide bonds. The zero-order valence-corrected chi connectivity index (χ0v) is 13.7. The molecule has 1 aliphatic rings. The summed E-state index contributed by atoms with van der Waals surface area (Å²) in [5.74, 6) is -0.530. The van der Waals surface area contributed by atoms with E-state index in [2.05, 4.69) is 10.6 Å². The molecule has 2 aromatic rings. The van der Waals surface area contributed by atoms with Crippen molar-refractivity contribution in [3.05, 3.63) is 65.5 Å². The number of nitrogens with one attached hydrogen (secondary N) is 2. The van der Waals surface area contributed by atoms with Crippen LogP contribution in [0.5, 0.6) is 5.75 Å². The van der Waals surface area contributed by atoms with E-state index in [1.807, 2.05) is 30.3 Å². The third-order valence-corrected chi connectivity index (χ3v) is 4.39. The SMILES string of the molecule is O=C(NCc1c(O)cccc1F)NC[C@@H]1CCO[C@H]1c1ccccc1. The largest absolute Gasteiger partial charge is 0.507 e. The molecular weight excluding hydrogens is 323 g/mol. The van der Waals surface area contributed by atoms with Gasteiger partial charge in [0.25, 0.3) is 0 Å². The summed E-state index contributed by atoms with van der Waals surface area (Å²) in [6.07, 6.45) is 0.839. The van der Waals surface area contributed by atoms with Crippen LogP contribution in [0, 0.1) is 11.7 Å². The number of carbonyl (C=O) groups is 1. The lowest BCUT2D eigenvalue weighted by Crippen LogP contribution is -2.38. The average molecular weight is 344 g/mol. The highest BCUT2D eigenvalue weighted by Gasteiger charge is 2.29. The van der Waals surface area contributed by atoms with E-state index >= 15 is 0 Å². The Hall–Kier alpha value is -2.60. The number of phenolic OH excluding ortho intramolecular Hbond substituents is 1. The van der Waals surface area contributed by atoms with Gasteiger partial charge < -0.3 is 20.5 Å². The summed E-state index contributed by atoms with van der Waals surface area (Å²) in [7, 11) is 0. The second-order valence-corrected chi connectivity index (χ2v) is 6.05. The van der Waals surface area contributed by atoms with Crippen LogP contribution in [0.15, 0.2) is 48.5 Å². The Balaban J connectivity index is 1.50. The van der Waals surface area contributed by atoms with Crippen LogP contribution in [-0.4, -0.2) is 24.3 Å². The highest BCUT2D eigenvalue weighted by Crippen LogP contribution is 2.33. The second-order valence-electron chi connectivity index (χ2n) is 6.05. The van der Waals surface area contributed by atoms with Crippen molar-refractivity contribution in [1.29, 1.82) is 0 Å². The number of rotatable bonds is 5. The predicted molar refractivity (Wildman–Crippen MR) is 91.5 cm³/mol. The first kappa shape index (κ1) is 17.2. The van der Waals surface area contributed by atoms with Crippen LogP contribution < -0.4 is 10.6 Å². The second kappa shape index (κ2) is 7.98. The zero-order chi connectivity index (χ0) is 17.6. The number of carbonyl (C=O) groups excluding carboxylic acids is 1. The van der Waals surface area contributed by atoms with Crippen LogP contribution in [0.4, 0.5) is 9.18 Å². The molecule has 0 radical (unpaired) electrons. The van der Waals surface area contributed by atoms with Gasteiger partial charge in [-0.05, 0) is 24.1 Å².